The Hall–Kier alpha value is -2.10. The number of benzene rings is 1. The Balaban J connectivity index is 2.61. The number of nitrogens with one attached hydrogen (secondary N) is 1. The highest BCUT2D eigenvalue weighted by molar-refractivity contribution is 5.92. The molecule has 1 rings (SSSR count). The Morgan fingerprint density at radius 1 is 1.26 bits per heavy atom. The van der Waals surface area contributed by atoms with Crippen LogP contribution < -0.4 is 5.32 Å². The lowest BCUT2D eigenvalue weighted by molar-refractivity contribution is -0.137. The predicted octanol–water partition coefficient (Wildman–Crippen LogP) is 2.86. The summed E-state index contributed by atoms with van der Waals surface area (Å²) in [5, 5.41) is 2.80. The molecule has 0 saturated carbocycles. The second-order valence-corrected chi connectivity index (χ2v) is 4.35. The molecule has 4 heteroatoms. The van der Waals surface area contributed by atoms with Gasteiger partial charge in [-0.05, 0) is 30.7 Å². The zero-order valence-electron chi connectivity index (χ0n) is 11.5. The number of ether oxygens (including phenoxy) is 1. The zero-order chi connectivity index (χ0) is 14.3. The highest BCUT2D eigenvalue weighted by Gasteiger charge is 2.06. The number of carbonyl (C=O) groups excluding carboxylic acids is 2. The second-order valence-electron chi connectivity index (χ2n) is 4.35. The Kier molecular flexibility index (Phi) is 5.79. The summed E-state index contributed by atoms with van der Waals surface area (Å²) in [5.41, 5.74) is 1.61. The Labute approximate surface area is 113 Å². The van der Waals surface area contributed by atoms with E-state index >= 15 is 0 Å². The van der Waals surface area contributed by atoms with Gasteiger partial charge in [0.15, 0.2) is 0 Å². The zero-order valence-corrected chi connectivity index (χ0v) is 11.5. The average molecular weight is 261 g/mol. The maximum Gasteiger partial charge on any atom is 0.330 e. The molecule has 0 aliphatic heterocycles. The highest BCUT2D eigenvalue weighted by Crippen LogP contribution is 2.12. The molecule has 1 aromatic carbocycles. The van der Waals surface area contributed by atoms with Crippen LogP contribution in [0.2, 0.25) is 0 Å². The molecule has 0 aliphatic carbocycles. The number of hydrogen-bond donors (Lipinski definition) is 1. The number of esters is 1. The van der Waals surface area contributed by atoms with Crippen LogP contribution in [0.1, 0.15) is 26.3 Å². The Morgan fingerprint density at radius 3 is 2.42 bits per heavy atom. The van der Waals surface area contributed by atoms with Crippen LogP contribution in [0.25, 0.3) is 6.08 Å². The maximum absolute atomic E-state index is 11.5. The van der Waals surface area contributed by atoms with E-state index in [0.717, 1.165) is 11.3 Å². The van der Waals surface area contributed by atoms with E-state index in [1.165, 1.54) is 6.08 Å². The smallest absolute Gasteiger partial charge is 0.330 e. The van der Waals surface area contributed by atoms with Crippen LogP contribution in [0, 0.1) is 5.92 Å². The van der Waals surface area contributed by atoms with Gasteiger partial charge in [-0.1, -0.05) is 26.0 Å². The van der Waals surface area contributed by atoms with Gasteiger partial charge in [-0.2, -0.15) is 0 Å². The molecule has 1 aromatic rings. The maximum atomic E-state index is 11.5. The standard InChI is InChI=1S/C15H19NO3/c1-4-19-14(17)10-7-12-5-8-13(9-6-12)16-15(18)11(2)3/h5-11H,4H2,1-3H3,(H,16,18)/b10-7+. The van der Waals surface area contributed by atoms with E-state index in [0.29, 0.717) is 6.61 Å². The minimum Gasteiger partial charge on any atom is -0.463 e. The summed E-state index contributed by atoms with van der Waals surface area (Å²) in [6.07, 6.45) is 3.05. The molecule has 1 N–H and O–H groups in total. The normalized spacial score (nSPS) is 10.7. The molecule has 0 atom stereocenters. The van der Waals surface area contributed by atoms with Crippen LogP contribution in [0.5, 0.6) is 0 Å². The average Bonchev–Trinajstić information content (AvgIpc) is 2.38. The minimum absolute atomic E-state index is 0.0187. The molecule has 19 heavy (non-hydrogen) atoms. The van der Waals surface area contributed by atoms with E-state index in [1.807, 2.05) is 26.0 Å². The van der Waals surface area contributed by atoms with Crippen LogP contribution in [0.3, 0.4) is 0 Å². The summed E-state index contributed by atoms with van der Waals surface area (Å²) in [5.74, 6) is -0.433. The fourth-order valence-electron chi connectivity index (χ4n) is 1.32. The van der Waals surface area contributed by atoms with Gasteiger partial charge >= 0.3 is 5.97 Å². The van der Waals surface area contributed by atoms with Crippen molar-refractivity contribution in [2.75, 3.05) is 11.9 Å². The van der Waals surface area contributed by atoms with Crippen molar-refractivity contribution in [2.24, 2.45) is 5.92 Å². The minimum atomic E-state index is -0.361. The van der Waals surface area contributed by atoms with Crippen molar-refractivity contribution >= 4 is 23.6 Å². The van der Waals surface area contributed by atoms with Gasteiger partial charge in [-0.25, -0.2) is 4.79 Å². The molecule has 0 radical (unpaired) electrons. The summed E-state index contributed by atoms with van der Waals surface area (Å²) in [6, 6.07) is 7.24. The molecule has 0 aliphatic rings. The molecule has 4 nitrogen and oxygen atoms in total. The van der Waals surface area contributed by atoms with Crippen LogP contribution in [-0.2, 0) is 14.3 Å². The van der Waals surface area contributed by atoms with E-state index in [9.17, 15) is 9.59 Å². The summed E-state index contributed by atoms with van der Waals surface area (Å²) in [4.78, 5) is 22.6. The third-order valence-electron chi connectivity index (χ3n) is 2.40. The van der Waals surface area contributed by atoms with E-state index < -0.39 is 0 Å². The molecule has 0 heterocycles. The number of hydrogen-bond acceptors (Lipinski definition) is 3. The number of anilines is 1. The predicted molar refractivity (Wildman–Crippen MR) is 75.6 cm³/mol. The van der Waals surface area contributed by atoms with Crippen molar-refractivity contribution in [3.8, 4) is 0 Å². The summed E-state index contributed by atoms with van der Waals surface area (Å²) in [6.45, 7) is 5.80. The molecule has 0 unspecified atom stereocenters. The topological polar surface area (TPSA) is 55.4 Å². The van der Waals surface area contributed by atoms with Crippen molar-refractivity contribution in [1.82, 2.24) is 0 Å². The van der Waals surface area contributed by atoms with Crippen LogP contribution in [0.15, 0.2) is 30.3 Å². The van der Waals surface area contributed by atoms with Crippen molar-refractivity contribution in [3.63, 3.8) is 0 Å². The van der Waals surface area contributed by atoms with E-state index in [2.05, 4.69) is 5.32 Å². The van der Waals surface area contributed by atoms with Gasteiger partial charge in [0.25, 0.3) is 0 Å². The van der Waals surface area contributed by atoms with E-state index in [4.69, 9.17) is 4.74 Å². The third-order valence-corrected chi connectivity index (χ3v) is 2.40. The first-order valence-corrected chi connectivity index (χ1v) is 6.28. The van der Waals surface area contributed by atoms with E-state index in [-0.39, 0.29) is 17.8 Å². The van der Waals surface area contributed by atoms with Crippen molar-refractivity contribution in [3.05, 3.63) is 35.9 Å². The first-order chi connectivity index (χ1) is 9.02. The summed E-state index contributed by atoms with van der Waals surface area (Å²) < 4.78 is 4.78. The van der Waals surface area contributed by atoms with Gasteiger partial charge in [0.1, 0.15) is 0 Å². The van der Waals surface area contributed by atoms with Crippen LogP contribution in [0.4, 0.5) is 5.69 Å². The Morgan fingerprint density at radius 2 is 1.89 bits per heavy atom. The van der Waals surface area contributed by atoms with Crippen LogP contribution >= 0.6 is 0 Å². The van der Waals surface area contributed by atoms with Gasteiger partial charge in [0.2, 0.25) is 5.91 Å². The molecule has 1 amide bonds. The lowest BCUT2D eigenvalue weighted by Crippen LogP contribution is -2.17. The number of carbonyl (C=O) groups is 2. The monoisotopic (exact) mass is 261 g/mol. The summed E-state index contributed by atoms with van der Waals surface area (Å²) >= 11 is 0. The number of rotatable bonds is 5. The molecule has 102 valence electrons. The fraction of sp³-hybridized carbons (Fsp3) is 0.333. The van der Waals surface area contributed by atoms with Crippen LogP contribution in [-0.4, -0.2) is 18.5 Å². The SMILES string of the molecule is CCOC(=O)/C=C/c1ccc(NC(=O)C(C)C)cc1. The molecular weight excluding hydrogens is 242 g/mol. The van der Waals surface area contributed by atoms with Crippen molar-refractivity contribution in [2.45, 2.75) is 20.8 Å². The van der Waals surface area contributed by atoms with Gasteiger partial charge in [-0.15, -0.1) is 0 Å². The quantitative estimate of drug-likeness (QED) is 0.655. The number of amides is 1. The molecule has 0 fully saturated rings. The molecular formula is C15H19NO3. The first-order valence-electron chi connectivity index (χ1n) is 6.28. The third kappa shape index (κ3) is 5.38. The lowest BCUT2D eigenvalue weighted by Gasteiger charge is -2.07. The van der Waals surface area contributed by atoms with Gasteiger partial charge in [0, 0.05) is 17.7 Å². The fourth-order valence-corrected chi connectivity index (χ4v) is 1.32. The largest absolute Gasteiger partial charge is 0.463 e. The van der Waals surface area contributed by atoms with E-state index in [1.54, 1.807) is 25.1 Å². The molecule has 0 bridgehead atoms. The highest BCUT2D eigenvalue weighted by atomic mass is 16.5. The van der Waals surface area contributed by atoms with Crippen molar-refractivity contribution in [1.29, 1.82) is 0 Å². The van der Waals surface area contributed by atoms with Gasteiger partial charge in [-0.3, -0.25) is 4.79 Å². The molecule has 0 spiro atoms. The molecule has 0 saturated heterocycles. The van der Waals surface area contributed by atoms with Gasteiger partial charge < -0.3 is 10.1 Å². The first kappa shape index (κ1) is 15.0. The lowest BCUT2D eigenvalue weighted by atomic mass is 10.1. The second kappa shape index (κ2) is 7.36. The van der Waals surface area contributed by atoms with Gasteiger partial charge in [0.05, 0.1) is 6.61 Å². The Bertz CT molecular complexity index is 461. The van der Waals surface area contributed by atoms with Crippen molar-refractivity contribution < 1.29 is 14.3 Å². The summed E-state index contributed by atoms with van der Waals surface area (Å²) in [7, 11) is 0. The molecule has 0 aromatic heterocycles.